The Morgan fingerprint density at radius 2 is 2.12 bits per heavy atom. The predicted molar refractivity (Wildman–Crippen MR) is 65.7 cm³/mol. The van der Waals surface area contributed by atoms with Gasteiger partial charge in [-0.15, -0.1) is 0 Å². The van der Waals surface area contributed by atoms with Gasteiger partial charge in [-0.25, -0.2) is 0 Å². The Labute approximate surface area is 102 Å². The van der Waals surface area contributed by atoms with Crippen LogP contribution in [0.2, 0.25) is 0 Å². The van der Waals surface area contributed by atoms with E-state index in [-0.39, 0.29) is 6.04 Å². The van der Waals surface area contributed by atoms with E-state index >= 15 is 0 Å². The Bertz CT molecular complexity index is 418. The van der Waals surface area contributed by atoms with E-state index < -0.39 is 0 Å². The van der Waals surface area contributed by atoms with Gasteiger partial charge in [0, 0.05) is 5.56 Å². The van der Waals surface area contributed by atoms with E-state index in [1.165, 1.54) is 11.1 Å². The molecule has 0 bridgehead atoms. The molecule has 1 aliphatic heterocycles. The molecule has 0 aromatic heterocycles. The van der Waals surface area contributed by atoms with Crippen LogP contribution in [0, 0.1) is 6.92 Å². The summed E-state index contributed by atoms with van der Waals surface area (Å²) >= 11 is 0. The molecule has 94 valence electrons. The van der Waals surface area contributed by atoms with Crippen molar-refractivity contribution in [3.63, 3.8) is 0 Å². The lowest BCUT2D eigenvalue weighted by Gasteiger charge is -2.20. The second kappa shape index (κ2) is 4.94. The molecule has 0 radical (unpaired) electrons. The third kappa shape index (κ3) is 2.10. The fourth-order valence-electron chi connectivity index (χ4n) is 2.39. The molecule has 0 saturated carbocycles. The quantitative estimate of drug-likeness (QED) is 0.848. The van der Waals surface area contributed by atoms with Crippen molar-refractivity contribution in [1.29, 1.82) is 0 Å². The number of hydrogen-bond acceptors (Lipinski definition) is 4. The standard InChI is InChI=1S/C13H19NO3/c1-8-6-11(15-2)13(16-3)12-9(8)4-5-17-7-10(12)14/h6,10H,4-5,7,14H2,1-3H3. The minimum atomic E-state index is -0.156. The first-order chi connectivity index (χ1) is 8.19. The van der Waals surface area contributed by atoms with Crippen molar-refractivity contribution in [3.05, 3.63) is 22.8 Å². The number of nitrogens with two attached hydrogens (primary N) is 1. The van der Waals surface area contributed by atoms with E-state index in [1.807, 2.05) is 6.07 Å². The molecule has 4 nitrogen and oxygen atoms in total. The Balaban J connectivity index is 2.64. The molecule has 1 aliphatic rings. The second-order valence-corrected chi connectivity index (χ2v) is 4.25. The Kier molecular flexibility index (Phi) is 3.54. The lowest BCUT2D eigenvalue weighted by Crippen LogP contribution is -2.17. The zero-order valence-corrected chi connectivity index (χ0v) is 10.6. The zero-order chi connectivity index (χ0) is 12.4. The summed E-state index contributed by atoms with van der Waals surface area (Å²) in [5.74, 6) is 1.48. The summed E-state index contributed by atoms with van der Waals surface area (Å²) in [5, 5.41) is 0. The Hall–Kier alpha value is -1.26. The van der Waals surface area contributed by atoms with Crippen LogP contribution in [-0.4, -0.2) is 27.4 Å². The molecular formula is C13H19NO3. The van der Waals surface area contributed by atoms with Crippen molar-refractivity contribution < 1.29 is 14.2 Å². The number of fused-ring (bicyclic) bond motifs is 1. The third-order valence-corrected chi connectivity index (χ3v) is 3.21. The van der Waals surface area contributed by atoms with Crippen molar-refractivity contribution in [2.75, 3.05) is 27.4 Å². The van der Waals surface area contributed by atoms with E-state index in [9.17, 15) is 0 Å². The molecule has 17 heavy (non-hydrogen) atoms. The lowest BCUT2D eigenvalue weighted by atomic mass is 9.94. The monoisotopic (exact) mass is 237 g/mol. The molecule has 0 fully saturated rings. The number of benzene rings is 1. The van der Waals surface area contributed by atoms with E-state index in [4.69, 9.17) is 19.9 Å². The highest BCUT2D eigenvalue weighted by Crippen LogP contribution is 2.39. The van der Waals surface area contributed by atoms with Gasteiger partial charge in [0.15, 0.2) is 11.5 Å². The molecule has 1 atom stereocenters. The molecular weight excluding hydrogens is 218 g/mol. The van der Waals surface area contributed by atoms with Crippen molar-refractivity contribution in [1.82, 2.24) is 0 Å². The molecule has 1 aromatic carbocycles. The van der Waals surface area contributed by atoms with E-state index in [0.717, 1.165) is 23.5 Å². The topological polar surface area (TPSA) is 53.7 Å². The lowest BCUT2D eigenvalue weighted by molar-refractivity contribution is 0.130. The van der Waals surface area contributed by atoms with Gasteiger partial charge in [0.2, 0.25) is 0 Å². The van der Waals surface area contributed by atoms with Crippen LogP contribution >= 0.6 is 0 Å². The summed E-state index contributed by atoms with van der Waals surface area (Å²) in [6.07, 6.45) is 0.870. The van der Waals surface area contributed by atoms with Crippen LogP contribution in [0.3, 0.4) is 0 Å². The highest BCUT2D eigenvalue weighted by atomic mass is 16.5. The van der Waals surface area contributed by atoms with Gasteiger partial charge in [0.25, 0.3) is 0 Å². The molecule has 1 aromatic rings. The maximum Gasteiger partial charge on any atom is 0.165 e. The van der Waals surface area contributed by atoms with Crippen LogP contribution in [0.5, 0.6) is 11.5 Å². The maximum atomic E-state index is 6.15. The maximum absolute atomic E-state index is 6.15. The highest BCUT2D eigenvalue weighted by molar-refractivity contribution is 5.56. The summed E-state index contributed by atoms with van der Waals surface area (Å²) in [6, 6.07) is 1.84. The minimum Gasteiger partial charge on any atom is -0.493 e. The van der Waals surface area contributed by atoms with Crippen LogP contribution < -0.4 is 15.2 Å². The van der Waals surface area contributed by atoms with Crippen LogP contribution in [-0.2, 0) is 11.2 Å². The van der Waals surface area contributed by atoms with Gasteiger partial charge in [-0.1, -0.05) is 0 Å². The van der Waals surface area contributed by atoms with E-state index in [1.54, 1.807) is 14.2 Å². The molecule has 2 rings (SSSR count). The zero-order valence-electron chi connectivity index (χ0n) is 10.6. The largest absolute Gasteiger partial charge is 0.493 e. The predicted octanol–water partition coefficient (Wildman–Crippen LogP) is 1.58. The normalized spacial score (nSPS) is 19.4. The second-order valence-electron chi connectivity index (χ2n) is 4.25. The highest BCUT2D eigenvalue weighted by Gasteiger charge is 2.24. The van der Waals surface area contributed by atoms with Gasteiger partial charge in [0.05, 0.1) is 33.5 Å². The number of rotatable bonds is 2. The number of ether oxygens (including phenoxy) is 3. The van der Waals surface area contributed by atoms with Gasteiger partial charge in [-0.05, 0) is 30.5 Å². The summed E-state index contributed by atoms with van der Waals surface area (Å²) in [5.41, 5.74) is 9.59. The summed E-state index contributed by atoms with van der Waals surface area (Å²) in [6.45, 7) is 3.30. The first-order valence-electron chi connectivity index (χ1n) is 5.76. The van der Waals surface area contributed by atoms with Crippen molar-refractivity contribution in [2.45, 2.75) is 19.4 Å². The van der Waals surface area contributed by atoms with Crippen LogP contribution in [0.15, 0.2) is 6.07 Å². The van der Waals surface area contributed by atoms with Crippen LogP contribution in [0.4, 0.5) is 0 Å². The Morgan fingerprint density at radius 1 is 1.35 bits per heavy atom. The van der Waals surface area contributed by atoms with Crippen LogP contribution in [0.25, 0.3) is 0 Å². The first kappa shape index (κ1) is 12.2. The number of methoxy groups -OCH3 is 2. The molecule has 1 unspecified atom stereocenters. The van der Waals surface area contributed by atoms with Crippen LogP contribution in [0.1, 0.15) is 22.7 Å². The van der Waals surface area contributed by atoms with Gasteiger partial charge < -0.3 is 19.9 Å². The molecule has 4 heteroatoms. The summed E-state index contributed by atoms with van der Waals surface area (Å²) in [4.78, 5) is 0. The molecule has 0 spiro atoms. The Morgan fingerprint density at radius 3 is 2.76 bits per heavy atom. The third-order valence-electron chi connectivity index (χ3n) is 3.21. The number of hydrogen-bond donors (Lipinski definition) is 1. The van der Waals surface area contributed by atoms with Gasteiger partial charge in [-0.2, -0.15) is 0 Å². The fourth-order valence-corrected chi connectivity index (χ4v) is 2.39. The minimum absolute atomic E-state index is 0.156. The molecule has 0 amide bonds. The SMILES string of the molecule is COc1cc(C)c2c(c1OC)C(N)COCC2. The first-order valence-corrected chi connectivity index (χ1v) is 5.76. The summed E-state index contributed by atoms with van der Waals surface area (Å²) < 4.78 is 16.3. The molecule has 0 saturated heterocycles. The average Bonchev–Trinajstić information content (AvgIpc) is 2.52. The number of aryl methyl sites for hydroxylation is 1. The summed E-state index contributed by atoms with van der Waals surface area (Å²) in [7, 11) is 3.29. The fraction of sp³-hybridized carbons (Fsp3) is 0.538. The molecule has 0 aliphatic carbocycles. The average molecular weight is 237 g/mol. The van der Waals surface area contributed by atoms with E-state index in [0.29, 0.717) is 13.2 Å². The van der Waals surface area contributed by atoms with Gasteiger partial charge in [0.1, 0.15) is 0 Å². The molecule has 2 N–H and O–H groups in total. The van der Waals surface area contributed by atoms with Gasteiger partial charge in [-0.3, -0.25) is 0 Å². The van der Waals surface area contributed by atoms with E-state index in [2.05, 4.69) is 6.92 Å². The smallest absolute Gasteiger partial charge is 0.165 e. The van der Waals surface area contributed by atoms with Gasteiger partial charge >= 0.3 is 0 Å². The molecule has 1 heterocycles. The van der Waals surface area contributed by atoms with Crippen molar-refractivity contribution in [2.24, 2.45) is 5.73 Å². The van der Waals surface area contributed by atoms with Crippen molar-refractivity contribution in [3.8, 4) is 11.5 Å². The van der Waals surface area contributed by atoms with Crippen molar-refractivity contribution >= 4 is 0 Å².